The molecule has 20 heavy (non-hydrogen) atoms. The molecule has 0 N–H and O–H groups in total. The van der Waals surface area contributed by atoms with E-state index in [2.05, 4.69) is 10.1 Å². The Morgan fingerprint density at radius 3 is 2.70 bits per heavy atom. The van der Waals surface area contributed by atoms with Gasteiger partial charge < -0.3 is 0 Å². The van der Waals surface area contributed by atoms with Crippen molar-refractivity contribution in [3.63, 3.8) is 0 Å². The number of imidazole rings is 1. The van der Waals surface area contributed by atoms with E-state index in [9.17, 15) is 0 Å². The van der Waals surface area contributed by atoms with Gasteiger partial charge in [-0.3, -0.25) is 4.57 Å². The van der Waals surface area contributed by atoms with E-state index in [0.717, 1.165) is 39.0 Å². The molecule has 4 nitrogen and oxygen atoms in total. The number of fused-ring (bicyclic) bond motifs is 1. The zero-order chi connectivity index (χ0) is 14.4. The fourth-order valence-electron chi connectivity index (χ4n) is 2.50. The summed E-state index contributed by atoms with van der Waals surface area (Å²) >= 11 is 12.3. The maximum absolute atomic E-state index is 6.23. The molecule has 1 aromatic carbocycles. The van der Waals surface area contributed by atoms with E-state index < -0.39 is 0 Å². The second kappa shape index (κ2) is 4.79. The van der Waals surface area contributed by atoms with Gasteiger partial charge in [-0.15, -0.1) is 11.6 Å². The summed E-state index contributed by atoms with van der Waals surface area (Å²) in [6.07, 6.45) is 0. The maximum Gasteiger partial charge on any atom is 0.163 e. The smallest absolute Gasteiger partial charge is 0.163 e. The molecule has 0 aliphatic heterocycles. The van der Waals surface area contributed by atoms with Crippen molar-refractivity contribution >= 4 is 34.4 Å². The van der Waals surface area contributed by atoms with Crippen molar-refractivity contribution in [2.24, 2.45) is 7.05 Å². The highest BCUT2D eigenvalue weighted by Gasteiger charge is 2.19. The summed E-state index contributed by atoms with van der Waals surface area (Å²) < 4.78 is 3.86. The third-order valence-electron chi connectivity index (χ3n) is 3.47. The van der Waals surface area contributed by atoms with Crippen molar-refractivity contribution in [3.8, 4) is 5.69 Å². The Kier molecular flexibility index (Phi) is 3.22. The molecular formula is C14H14Cl2N4. The molecule has 0 radical (unpaired) electrons. The number of halogens is 2. The van der Waals surface area contributed by atoms with Crippen LogP contribution in [0.25, 0.3) is 16.9 Å². The fourth-order valence-corrected chi connectivity index (χ4v) is 2.85. The molecule has 0 fully saturated rings. The van der Waals surface area contributed by atoms with E-state index in [0.29, 0.717) is 5.88 Å². The molecule has 0 atom stereocenters. The summed E-state index contributed by atoms with van der Waals surface area (Å²) in [5.74, 6) is 1.13. The molecule has 0 aliphatic carbocycles. The van der Waals surface area contributed by atoms with Crippen LogP contribution in [0.2, 0.25) is 5.02 Å². The second-order valence-corrected chi connectivity index (χ2v) is 5.44. The molecule has 3 aromatic rings. The van der Waals surface area contributed by atoms with Crippen LogP contribution in [0.1, 0.15) is 17.1 Å². The largest absolute Gasteiger partial charge is 0.280 e. The van der Waals surface area contributed by atoms with Crippen LogP contribution in [-0.4, -0.2) is 19.3 Å². The predicted octanol–water partition coefficient (Wildman–Crippen LogP) is 3.77. The van der Waals surface area contributed by atoms with Crippen LogP contribution in [0.15, 0.2) is 18.2 Å². The maximum atomic E-state index is 6.23. The number of hydrogen-bond donors (Lipinski definition) is 0. The summed E-state index contributed by atoms with van der Waals surface area (Å²) in [5, 5.41) is 5.15. The standard InChI is InChI=1S/C14H14Cl2N4/c1-8-10(16)5-4-6-11(8)20-12(7-15)17-13-9(2)18-19(3)14(13)20/h4-6H,7H2,1-3H3. The summed E-state index contributed by atoms with van der Waals surface area (Å²) in [5.41, 5.74) is 4.69. The van der Waals surface area contributed by atoms with E-state index in [4.69, 9.17) is 23.2 Å². The molecule has 2 heterocycles. The van der Waals surface area contributed by atoms with E-state index in [1.807, 2.05) is 48.3 Å². The van der Waals surface area contributed by atoms with Crippen LogP contribution < -0.4 is 0 Å². The van der Waals surface area contributed by atoms with Gasteiger partial charge in [0.2, 0.25) is 0 Å². The van der Waals surface area contributed by atoms with Gasteiger partial charge in [-0.05, 0) is 31.5 Å². The quantitative estimate of drug-likeness (QED) is 0.676. The Labute approximate surface area is 126 Å². The molecule has 104 valence electrons. The van der Waals surface area contributed by atoms with Crippen LogP contribution in [0, 0.1) is 13.8 Å². The first-order valence-electron chi connectivity index (χ1n) is 6.27. The summed E-state index contributed by atoms with van der Waals surface area (Å²) in [4.78, 5) is 4.60. The van der Waals surface area contributed by atoms with Crippen molar-refractivity contribution in [1.82, 2.24) is 19.3 Å². The molecule has 0 unspecified atom stereocenters. The Balaban J connectivity index is 2.43. The minimum Gasteiger partial charge on any atom is -0.280 e. The number of nitrogens with zero attached hydrogens (tertiary/aromatic N) is 4. The highest BCUT2D eigenvalue weighted by atomic mass is 35.5. The number of benzene rings is 1. The number of hydrogen-bond acceptors (Lipinski definition) is 2. The molecule has 0 amide bonds. The number of aromatic nitrogens is 4. The van der Waals surface area contributed by atoms with Gasteiger partial charge >= 0.3 is 0 Å². The molecular weight excluding hydrogens is 295 g/mol. The van der Waals surface area contributed by atoms with E-state index in [1.54, 1.807) is 0 Å². The Morgan fingerprint density at radius 1 is 1.25 bits per heavy atom. The molecule has 0 saturated heterocycles. The summed E-state index contributed by atoms with van der Waals surface area (Å²) in [6.45, 7) is 3.94. The Morgan fingerprint density at radius 2 is 2.00 bits per heavy atom. The monoisotopic (exact) mass is 308 g/mol. The molecule has 0 bridgehead atoms. The van der Waals surface area contributed by atoms with Crippen molar-refractivity contribution in [2.45, 2.75) is 19.7 Å². The van der Waals surface area contributed by atoms with Crippen LogP contribution >= 0.6 is 23.2 Å². The number of alkyl halides is 1. The zero-order valence-electron chi connectivity index (χ0n) is 11.5. The fraction of sp³-hybridized carbons (Fsp3) is 0.286. The van der Waals surface area contributed by atoms with Crippen molar-refractivity contribution in [1.29, 1.82) is 0 Å². The van der Waals surface area contributed by atoms with Crippen LogP contribution in [0.4, 0.5) is 0 Å². The van der Waals surface area contributed by atoms with Gasteiger partial charge in [0.25, 0.3) is 0 Å². The number of aryl methyl sites for hydroxylation is 2. The Bertz CT molecular complexity index is 801. The minimum absolute atomic E-state index is 0.333. The summed E-state index contributed by atoms with van der Waals surface area (Å²) in [6, 6.07) is 5.82. The van der Waals surface area contributed by atoms with Crippen molar-refractivity contribution in [2.75, 3.05) is 0 Å². The number of rotatable bonds is 2. The minimum atomic E-state index is 0.333. The SMILES string of the molecule is Cc1c(Cl)cccc1-n1c(CCl)nc2c(C)nn(C)c21. The highest BCUT2D eigenvalue weighted by molar-refractivity contribution is 6.31. The highest BCUT2D eigenvalue weighted by Crippen LogP contribution is 2.29. The molecule has 0 aliphatic rings. The van der Waals surface area contributed by atoms with E-state index >= 15 is 0 Å². The van der Waals surface area contributed by atoms with Gasteiger partial charge in [0, 0.05) is 12.1 Å². The van der Waals surface area contributed by atoms with Gasteiger partial charge in [-0.1, -0.05) is 17.7 Å². The molecule has 0 saturated carbocycles. The Hall–Kier alpha value is -1.52. The van der Waals surface area contributed by atoms with Crippen molar-refractivity contribution in [3.05, 3.63) is 40.3 Å². The lowest BCUT2D eigenvalue weighted by molar-refractivity contribution is 0.754. The topological polar surface area (TPSA) is 35.6 Å². The van der Waals surface area contributed by atoms with Crippen molar-refractivity contribution < 1.29 is 0 Å². The van der Waals surface area contributed by atoms with Gasteiger partial charge in [0.15, 0.2) is 5.65 Å². The van der Waals surface area contributed by atoms with Gasteiger partial charge in [-0.25, -0.2) is 9.67 Å². The van der Waals surface area contributed by atoms with Crippen LogP contribution in [0.5, 0.6) is 0 Å². The third kappa shape index (κ3) is 1.83. The zero-order valence-corrected chi connectivity index (χ0v) is 13.0. The first-order chi connectivity index (χ1) is 9.54. The van der Waals surface area contributed by atoms with Crippen LogP contribution in [-0.2, 0) is 12.9 Å². The average molecular weight is 309 g/mol. The third-order valence-corrected chi connectivity index (χ3v) is 4.12. The first-order valence-corrected chi connectivity index (χ1v) is 7.18. The lowest BCUT2D eigenvalue weighted by Gasteiger charge is -2.12. The molecule has 3 rings (SSSR count). The lowest BCUT2D eigenvalue weighted by Crippen LogP contribution is -2.06. The average Bonchev–Trinajstić information content (AvgIpc) is 2.92. The first kappa shape index (κ1) is 13.5. The molecule has 6 heteroatoms. The molecule has 0 spiro atoms. The van der Waals surface area contributed by atoms with Gasteiger partial charge in [-0.2, -0.15) is 5.10 Å². The van der Waals surface area contributed by atoms with E-state index in [1.165, 1.54) is 0 Å². The lowest BCUT2D eigenvalue weighted by atomic mass is 10.2. The normalized spacial score (nSPS) is 11.4. The predicted molar refractivity (Wildman–Crippen MR) is 81.9 cm³/mol. The van der Waals surface area contributed by atoms with Crippen LogP contribution in [0.3, 0.4) is 0 Å². The molecule has 2 aromatic heterocycles. The van der Waals surface area contributed by atoms with Gasteiger partial charge in [0.1, 0.15) is 11.3 Å². The van der Waals surface area contributed by atoms with Gasteiger partial charge in [0.05, 0.1) is 17.3 Å². The van der Waals surface area contributed by atoms with E-state index in [-0.39, 0.29) is 0 Å². The summed E-state index contributed by atoms with van der Waals surface area (Å²) in [7, 11) is 1.91. The second-order valence-electron chi connectivity index (χ2n) is 4.76.